The first-order chi connectivity index (χ1) is 16.6. The van der Waals surface area contributed by atoms with E-state index >= 15 is 0 Å². The number of hydrogen-bond acceptors (Lipinski definition) is 5. The van der Waals surface area contributed by atoms with E-state index in [0.717, 1.165) is 40.7 Å². The number of amides is 1. The first-order valence-corrected chi connectivity index (χ1v) is 12.0. The first-order valence-electron chi connectivity index (χ1n) is 10.6. The number of sulfonamides is 1. The van der Waals surface area contributed by atoms with E-state index in [0.29, 0.717) is 24.1 Å². The highest BCUT2D eigenvalue weighted by molar-refractivity contribution is 7.89. The van der Waals surface area contributed by atoms with Crippen LogP contribution in [-0.4, -0.2) is 41.2 Å². The Labute approximate surface area is 198 Å². The molecular weight excluding hydrogens is 488 g/mol. The Morgan fingerprint density at radius 1 is 1.06 bits per heavy atom. The number of carbonyl (C=O) groups is 1. The van der Waals surface area contributed by atoms with Crippen LogP contribution >= 0.6 is 0 Å². The lowest BCUT2D eigenvalue weighted by Gasteiger charge is -2.23. The zero-order valence-electron chi connectivity index (χ0n) is 18.2. The van der Waals surface area contributed by atoms with Gasteiger partial charge in [-0.3, -0.25) is 4.79 Å². The van der Waals surface area contributed by atoms with Gasteiger partial charge in [-0.15, -0.1) is 0 Å². The number of rotatable bonds is 6. The minimum absolute atomic E-state index is 0.0318. The van der Waals surface area contributed by atoms with E-state index in [2.05, 4.69) is 15.3 Å². The van der Waals surface area contributed by atoms with Crippen molar-refractivity contribution in [3.8, 4) is 11.4 Å². The third-order valence-corrected chi connectivity index (χ3v) is 7.48. The van der Waals surface area contributed by atoms with Gasteiger partial charge in [0.05, 0.1) is 22.7 Å². The lowest BCUT2D eigenvalue weighted by atomic mass is 10.1. The van der Waals surface area contributed by atoms with Crippen molar-refractivity contribution in [1.29, 1.82) is 0 Å². The van der Waals surface area contributed by atoms with E-state index in [4.69, 9.17) is 0 Å². The quantitative estimate of drug-likeness (QED) is 0.512. The molecule has 4 rings (SSSR count). The van der Waals surface area contributed by atoms with Gasteiger partial charge in [-0.1, -0.05) is 12.1 Å². The van der Waals surface area contributed by atoms with Crippen molar-refractivity contribution in [3.05, 3.63) is 77.9 Å². The summed E-state index contributed by atoms with van der Waals surface area (Å²) in [6.07, 6.45) is -2.22. The van der Waals surface area contributed by atoms with Crippen LogP contribution in [0.2, 0.25) is 0 Å². The molecule has 3 aromatic rings. The zero-order chi connectivity index (χ0) is 25.2. The minimum atomic E-state index is -4.45. The second-order valence-corrected chi connectivity index (χ2v) is 9.78. The molecule has 0 spiro atoms. The molecule has 1 fully saturated rings. The number of nitrogens with zero attached hydrogens (tertiary/aromatic N) is 3. The molecule has 2 aromatic carbocycles. The Balaban J connectivity index is 1.44. The number of benzene rings is 2. The molecule has 1 atom stereocenters. The van der Waals surface area contributed by atoms with Crippen molar-refractivity contribution >= 4 is 15.9 Å². The van der Waals surface area contributed by atoms with Crippen LogP contribution < -0.4 is 5.32 Å². The van der Waals surface area contributed by atoms with Gasteiger partial charge in [0, 0.05) is 18.3 Å². The molecule has 1 aromatic heterocycles. The number of carbonyl (C=O) groups excluding carboxylic acids is 1. The summed E-state index contributed by atoms with van der Waals surface area (Å²) in [5.41, 5.74) is -0.0194. The molecule has 0 saturated carbocycles. The fourth-order valence-corrected chi connectivity index (χ4v) is 5.43. The van der Waals surface area contributed by atoms with Crippen LogP contribution in [0.15, 0.2) is 65.7 Å². The largest absolute Gasteiger partial charge is 0.416 e. The standard InChI is InChI=1S/C23H20F4N4O3S/c24-17-7-9-19(10-8-17)35(33,34)31-13-1-2-20(31)22(32)29-14-18-11-12-28-21(30-18)15-3-5-16(6-4-15)23(25,26)27/h3-12,20H,1-2,13-14H2,(H,29,32). The van der Waals surface area contributed by atoms with Crippen molar-refractivity contribution in [3.63, 3.8) is 0 Å². The van der Waals surface area contributed by atoms with Gasteiger partial charge in [0.15, 0.2) is 5.82 Å². The van der Waals surface area contributed by atoms with Gasteiger partial charge in [0.1, 0.15) is 11.9 Å². The number of alkyl halides is 3. The van der Waals surface area contributed by atoms with Crippen LogP contribution in [0.3, 0.4) is 0 Å². The van der Waals surface area contributed by atoms with Crippen molar-refractivity contribution in [1.82, 2.24) is 19.6 Å². The Hall–Kier alpha value is -3.38. The predicted molar refractivity (Wildman–Crippen MR) is 118 cm³/mol. The molecule has 12 heteroatoms. The maximum Gasteiger partial charge on any atom is 0.416 e. The minimum Gasteiger partial charge on any atom is -0.349 e. The summed E-state index contributed by atoms with van der Waals surface area (Å²) in [6.45, 7) is 0.124. The van der Waals surface area contributed by atoms with Crippen LogP contribution in [0.25, 0.3) is 11.4 Å². The Kier molecular flexibility index (Phi) is 6.86. The highest BCUT2D eigenvalue weighted by Gasteiger charge is 2.39. The maximum atomic E-state index is 13.2. The summed E-state index contributed by atoms with van der Waals surface area (Å²) in [6, 6.07) is 9.39. The molecule has 1 amide bonds. The molecule has 1 aliphatic heterocycles. The normalized spacial score (nSPS) is 16.9. The monoisotopic (exact) mass is 508 g/mol. The molecule has 0 radical (unpaired) electrons. The van der Waals surface area contributed by atoms with Crippen molar-refractivity contribution in [2.75, 3.05) is 6.54 Å². The van der Waals surface area contributed by atoms with Gasteiger partial charge in [0.2, 0.25) is 15.9 Å². The third kappa shape index (κ3) is 5.49. The highest BCUT2D eigenvalue weighted by Crippen LogP contribution is 2.30. The number of hydrogen-bond donors (Lipinski definition) is 1. The molecule has 35 heavy (non-hydrogen) atoms. The summed E-state index contributed by atoms with van der Waals surface area (Å²) in [5, 5.41) is 2.67. The summed E-state index contributed by atoms with van der Waals surface area (Å²) in [7, 11) is -3.99. The Bertz CT molecular complexity index is 1310. The van der Waals surface area contributed by atoms with E-state index < -0.39 is 39.5 Å². The van der Waals surface area contributed by atoms with E-state index in [9.17, 15) is 30.8 Å². The van der Waals surface area contributed by atoms with Gasteiger partial charge >= 0.3 is 6.18 Å². The van der Waals surface area contributed by atoms with Gasteiger partial charge in [-0.25, -0.2) is 22.8 Å². The lowest BCUT2D eigenvalue weighted by Crippen LogP contribution is -2.45. The molecule has 1 saturated heterocycles. The third-order valence-electron chi connectivity index (χ3n) is 5.55. The van der Waals surface area contributed by atoms with Gasteiger partial charge in [-0.2, -0.15) is 17.5 Å². The molecule has 7 nitrogen and oxygen atoms in total. The Morgan fingerprint density at radius 2 is 1.74 bits per heavy atom. The van der Waals surface area contributed by atoms with Crippen molar-refractivity contribution in [2.24, 2.45) is 0 Å². The molecule has 1 N–H and O–H groups in total. The molecule has 184 valence electrons. The van der Waals surface area contributed by atoms with Crippen LogP contribution in [0.5, 0.6) is 0 Å². The summed E-state index contributed by atoms with van der Waals surface area (Å²) < 4.78 is 78.5. The second kappa shape index (κ2) is 9.70. The molecular formula is C23H20F4N4O3S. The van der Waals surface area contributed by atoms with Crippen molar-refractivity contribution in [2.45, 2.75) is 36.5 Å². The summed E-state index contributed by atoms with van der Waals surface area (Å²) in [5.74, 6) is -0.894. The molecule has 1 unspecified atom stereocenters. The van der Waals surface area contributed by atoms with E-state index in [1.54, 1.807) is 0 Å². The van der Waals surface area contributed by atoms with Crippen LogP contribution in [0.4, 0.5) is 17.6 Å². The van der Waals surface area contributed by atoms with Gasteiger partial charge in [-0.05, 0) is 55.3 Å². The average molecular weight is 508 g/mol. The fraction of sp³-hybridized carbons (Fsp3) is 0.261. The predicted octanol–water partition coefficient (Wildman–Crippen LogP) is 3.77. The average Bonchev–Trinajstić information content (AvgIpc) is 3.34. The van der Waals surface area contributed by atoms with E-state index in [-0.39, 0.29) is 23.8 Å². The smallest absolute Gasteiger partial charge is 0.349 e. The van der Waals surface area contributed by atoms with Crippen LogP contribution in [0, 0.1) is 5.82 Å². The lowest BCUT2D eigenvalue weighted by molar-refractivity contribution is -0.137. The molecule has 2 heterocycles. The topological polar surface area (TPSA) is 92.3 Å². The molecule has 0 aliphatic carbocycles. The molecule has 0 bridgehead atoms. The van der Waals surface area contributed by atoms with E-state index in [1.165, 1.54) is 24.4 Å². The maximum absolute atomic E-state index is 13.2. The highest BCUT2D eigenvalue weighted by atomic mass is 32.2. The fourth-order valence-electron chi connectivity index (χ4n) is 3.77. The zero-order valence-corrected chi connectivity index (χ0v) is 19.0. The van der Waals surface area contributed by atoms with Crippen molar-refractivity contribution < 1.29 is 30.8 Å². The number of aromatic nitrogens is 2. The van der Waals surface area contributed by atoms with E-state index in [1.807, 2.05) is 0 Å². The summed E-state index contributed by atoms with van der Waals surface area (Å²) in [4.78, 5) is 21.1. The van der Waals surface area contributed by atoms with Crippen LogP contribution in [-0.2, 0) is 27.5 Å². The Morgan fingerprint density at radius 3 is 2.40 bits per heavy atom. The summed E-state index contributed by atoms with van der Waals surface area (Å²) >= 11 is 0. The number of nitrogens with one attached hydrogen (secondary N) is 1. The molecule has 1 aliphatic rings. The second-order valence-electron chi connectivity index (χ2n) is 7.89. The van der Waals surface area contributed by atoms with Gasteiger partial charge < -0.3 is 5.32 Å². The van der Waals surface area contributed by atoms with Gasteiger partial charge in [0.25, 0.3) is 0 Å². The van der Waals surface area contributed by atoms with Crippen LogP contribution in [0.1, 0.15) is 24.1 Å². The SMILES string of the molecule is O=C(NCc1ccnc(-c2ccc(C(F)(F)F)cc2)n1)C1CCCN1S(=O)(=O)c1ccc(F)cc1. The first kappa shape index (κ1) is 24.7. The number of halogens is 4.